The molecule has 2 aromatic carbocycles. The number of sulfonamides is 1. The Bertz CT molecular complexity index is 992. The molecule has 11 heteroatoms. The standard InChI is InChI=1S/C15H10F3N3O3S2/c16-15(17,18)11-7-4-8-12(13(11)24-10-5-2-1-3-6-10)26(22,23)21-14-20-19-9-25-14/h1-9H,(H,20,21). The van der Waals surface area contributed by atoms with Crippen molar-refractivity contribution < 1.29 is 26.3 Å². The lowest BCUT2D eigenvalue weighted by molar-refractivity contribution is -0.138. The fourth-order valence-corrected chi connectivity index (χ4v) is 3.89. The zero-order valence-corrected chi connectivity index (χ0v) is 14.4. The molecule has 0 aliphatic carbocycles. The summed E-state index contributed by atoms with van der Waals surface area (Å²) < 4.78 is 72.7. The molecule has 0 aliphatic rings. The minimum absolute atomic E-state index is 0.0663. The fraction of sp³-hybridized carbons (Fsp3) is 0.0667. The minimum atomic E-state index is -4.81. The first kappa shape index (κ1) is 18.1. The Kier molecular flexibility index (Phi) is 4.83. The summed E-state index contributed by atoms with van der Waals surface area (Å²) in [5.74, 6) is -0.750. The van der Waals surface area contributed by atoms with E-state index in [9.17, 15) is 21.6 Å². The van der Waals surface area contributed by atoms with Gasteiger partial charge < -0.3 is 4.74 Å². The van der Waals surface area contributed by atoms with Gasteiger partial charge in [-0.2, -0.15) is 13.2 Å². The van der Waals surface area contributed by atoms with Gasteiger partial charge >= 0.3 is 6.18 Å². The molecular formula is C15H10F3N3O3S2. The first-order chi connectivity index (χ1) is 12.3. The van der Waals surface area contributed by atoms with Crippen molar-refractivity contribution in [2.24, 2.45) is 0 Å². The average Bonchev–Trinajstić information content (AvgIpc) is 3.07. The monoisotopic (exact) mass is 401 g/mol. The molecule has 0 aliphatic heterocycles. The maximum atomic E-state index is 13.4. The van der Waals surface area contributed by atoms with E-state index in [1.54, 1.807) is 18.2 Å². The maximum Gasteiger partial charge on any atom is 0.420 e. The fourth-order valence-electron chi connectivity index (χ4n) is 2.05. The van der Waals surface area contributed by atoms with Gasteiger partial charge in [-0.05, 0) is 24.3 Å². The number of aromatic nitrogens is 2. The second kappa shape index (κ2) is 6.92. The normalized spacial score (nSPS) is 12.0. The van der Waals surface area contributed by atoms with E-state index in [0.29, 0.717) is 0 Å². The number of alkyl halides is 3. The summed E-state index contributed by atoms with van der Waals surface area (Å²) in [6.07, 6.45) is -4.81. The smallest absolute Gasteiger partial charge is 0.420 e. The van der Waals surface area contributed by atoms with Gasteiger partial charge in [-0.25, -0.2) is 8.42 Å². The third kappa shape index (κ3) is 3.94. The molecule has 0 saturated carbocycles. The largest absolute Gasteiger partial charge is 0.455 e. The highest BCUT2D eigenvalue weighted by Gasteiger charge is 2.38. The molecule has 0 unspecified atom stereocenters. The van der Waals surface area contributed by atoms with E-state index in [4.69, 9.17) is 4.74 Å². The molecule has 0 amide bonds. The lowest BCUT2D eigenvalue weighted by Gasteiger charge is -2.17. The second-order valence-electron chi connectivity index (χ2n) is 4.90. The van der Waals surface area contributed by atoms with E-state index < -0.39 is 32.4 Å². The van der Waals surface area contributed by atoms with E-state index in [-0.39, 0.29) is 10.9 Å². The molecule has 6 nitrogen and oxygen atoms in total. The quantitative estimate of drug-likeness (QED) is 0.695. The number of rotatable bonds is 5. The van der Waals surface area contributed by atoms with Gasteiger partial charge in [0.1, 0.15) is 16.2 Å². The Hall–Kier alpha value is -2.66. The van der Waals surface area contributed by atoms with Gasteiger partial charge in [-0.15, -0.1) is 10.2 Å². The Balaban J connectivity index is 2.12. The van der Waals surface area contributed by atoms with Crippen LogP contribution < -0.4 is 9.46 Å². The molecular weight excluding hydrogens is 391 g/mol. The molecule has 1 N–H and O–H groups in total. The van der Waals surface area contributed by atoms with E-state index in [2.05, 4.69) is 14.9 Å². The van der Waals surface area contributed by atoms with E-state index >= 15 is 0 Å². The lowest BCUT2D eigenvalue weighted by atomic mass is 10.2. The summed E-state index contributed by atoms with van der Waals surface area (Å²) >= 11 is 0.889. The highest BCUT2D eigenvalue weighted by atomic mass is 32.2. The number of halogens is 3. The molecule has 0 saturated heterocycles. The van der Waals surface area contributed by atoms with Crippen LogP contribution in [-0.4, -0.2) is 18.6 Å². The molecule has 3 rings (SSSR count). The zero-order chi connectivity index (χ0) is 18.8. The second-order valence-corrected chi connectivity index (χ2v) is 7.38. The number of anilines is 1. The Morgan fingerprint density at radius 2 is 1.77 bits per heavy atom. The predicted molar refractivity (Wildman–Crippen MR) is 88.7 cm³/mol. The average molecular weight is 401 g/mol. The number of hydrogen-bond donors (Lipinski definition) is 1. The molecule has 0 atom stereocenters. The number of para-hydroxylation sites is 2. The van der Waals surface area contributed by atoms with Crippen LogP contribution in [0.15, 0.2) is 58.9 Å². The van der Waals surface area contributed by atoms with Gasteiger partial charge in [0.2, 0.25) is 5.13 Å². The van der Waals surface area contributed by atoms with Crippen molar-refractivity contribution in [2.75, 3.05) is 4.72 Å². The van der Waals surface area contributed by atoms with Crippen LogP contribution in [0.3, 0.4) is 0 Å². The van der Waals surface area contributed by atoms with Crippen LogP contribution in [0.4, 0.5) is 18.3 Å². The summed E-state index contributed by atoms with van der Waals surface area (Å²) in [6, 6.07) is 10.4. The zero-order valence-electron chi connectivity index (χ0n) is 12.8. The van der Waals surface area contributed by atoms with Crippen molar-refractivity contribution in [1.82, 2.24) is 10.2 Å². The molecule has 1 heterocycles. The third-order valence-corrected chi connectivity index (χ3v) is 5.22. The Morgan fingerprint density at radius 1 is 1.04 bits per heavy atom. The molecule has 0 bridgehead atoms. The molecule has 26 heavy (non-hydrogen) atoms. The van der Waals surface area contributed by atoms with Crippen molar-refractivity contribution >= 4 is 26.5 Å². The van der Waals surface area contributed by atoms with Crippen LogP contribution in [0.5, 0.6) is 11.5 Å². The van der Waals surface area contributed by atoms with Crippen molar-refractivity contribution in [3.63, 3.8) is 0 Å². The summed E-state index contributed by atoms with van der Waals surface area (Å²) in [6.45, 7) is 0. The van der Waals surface area contributed by atoms with E-state index in [1.807, 2.05) is 0 Å². The summed E-state index contributed by atoms with van der Waals surface area (Å²) in [7, 11) is -4.38. The Labute approximate surface area is 150 Å². The maximum absolute atomic E-state index is 13.4. The van der Waals surface area contributed by atoms with Crippen molar-refractivity contribution in [3.05, 3.63) is 59.6 Å². The van der Waals surface area contributed by atoms with Crippen molar-refractivity contribution in [2.45, 2.75) is 11.1 Å². The van der Waals surface area contributed by atoms with Crippen molar-refractivity contribution in [1.29, 1.82) is 0 Å². The van der Waals surface area contributed by atoms with Crippen LogP contribution in [0.25, 0.3) is 0 Å². The SMILES string of the molecule is O=S(=O)(Nc1nncs1)c1cccc(C(F)(F)F)c1Oc1ccccc1. The van der Waals surface area contributed by atoms with Crippen LogP contribution in [0, 0.1) is 0 Å². The highest BCUT2D eigenvalue weighted by molar-refractivity contribution is 7.93. The minimum Gasteiger partial charge on any atom is -0.455 e. The number of nitrogens with one attached hydrogen (secondary N) is 1. The van der Waals surface area contributed by atoms with Crippen LogP contribution in [-0.2, 0) is 16.2 Å². The Morgan fingerprint density at radius 3 is 2.38 bits per heavy atom. The first-order valence-corrected chi connectivity index (χ1v) is 9.36. The third-order valence-electron chi connectivity index (χ3n) is 3.12. The topological polar surface area (TPSA) is 81.2 Å². The van der Waals surface area contributed by atoms with Gasteiger partial charge in [0, 0.05) is 0 Å². The number of nitrogens with zero attached hydrogens (tertiary/aromatic N) is 2. The number of hydrogen-bond acceptors (Lipinski definition) is 6. The number of ether oxygens (including phenoxy) is 1. The summed E-state index contributed by atoms with van der Waals surface area (Å²) in [5, 5.41) is 6.93. The number of benzene rings is 2. The molecule has 0 fully saturated rings. The molecule has 136 valence electrons. The van der Waals surface area contributed by atoms with Crippen molar-refractivity contribution in [3.8, 4) is 11.5 Å². The van der Waals surface area contributed by atoms with Crippen LogP contribution in [0.1, 0.15) is 5.56 Å². The van der Waals surface area contributed by atoms with Crippen LogP contribution in [0.2, 0.25) is 0 Å². The van der Waals surface area contributed by atoms with E-state index in [0.717, 1.165) is 29.5 Å². The van der Waals surface area contributed by atoms with E-state index in [1.165, 1.54) is 17.6 Å². The molecule has 1 aromatic heterocycles. The van der Waals surface area contributed by atoms with Gasteiger partial charge in [0.15, 0.2) is 5.75 Å². The van der Waals surface area contributed by atoms with Crippen LogP contribution >= 0.6 is 11.3 Å². The van der Waals surface area contributed by atoms with Gasteiger partial charge in [0.05, 0.1) is 5.56 Å². The summed E-state index contributed by atoms with van der Waals surface area (Å²) in [4.78, 5) is -0.661. The lowest BCUT2D eigenvalue weighted by Crippen LogP contribution is -2.16. The van der Waals surface area contributed by atoms with Gasteiger partial charge in [-0.3, -0.25) is 4.72 Å². The first-order valence-electron chi connectivity index (χ1n) is 6.99. The summed E-state index contributed by atoms with van der Waals surface area (Å²) in [5.41, 5.74) is 0.0762. The highest BCUT2D eigenvalue weighted by Crippen LogP contribution is 2.42. The molecule has 0 radical (unpaired) electrons. The molecule has 0 spiro atoms. The molecule has 3 aromatic rings. The van der Waals surface area contributed by atoms with Gasteiger partial charge in [-0.1, -0.05) is 35.6 Å². The van der Waals surface area contributed by atoms with Gasteiger partial charge in [0.25, 0.3) is 10.0 Å². The predicted octanol–water partition coefficient (Wildman–Crippen LogP) is 4.15.